The summed E-state index contributed by atoms with van der Waals surface area (Å²) in [6.45, 7) is 0. The van der Waals surface area contributed by atoms with Gasteiger partial charge in [-0.05, 0) is 0 Å². The average Bonchev–Trinajstić information content (AvgIpc) is 0. The van der Waals surface area contributed by atoms with Crippen molar-refractivity contribution in [2.24, 2.45) is 0 Å². The molecule has 0 fully saturated rings. The van der Waals surface area contributed by atoms with Crippen molar-refractivity contribution in [2.75, 3.05) is 0 Å². The van der Waals surface area contributed by atoms with Crippen LogP contribution in [-0.2, 0) is 0 Å². The molecule has 0 amide bonds. The van der Waals surface area contributed by atoms with Gasteiger partial charge in [0.1, 0.15) is 0 Å². The minimum absolute atomic E-state index is 0. The largest absolute Gasteiger partial charge is 0 e. The van der Waals surface area contributed by atoms with Crippen LogP contribution in [-0.4, -0.2) is 0 Å². The maximum atomic E-state index is 0. The van der Waals surface area contributed by atoms with E-state index in [9.17, 15) is 0 Å². The molecule has 0 saturated carbocycles. The third kappa shape index (κ3) is 10.4. The van der Waals surface area contributed by atoms with Crippen LogP contribution in [0.15, 0.2) is 0 Å². The third-order valence-corrected chi connectivity index (χ3v) is 0. The molecule has 0 heterocycles. The van der Waals surface area contributed by atoms with E-state index in [0.717, 1.165) is 0 Å². The van der Waals surface area contributed by atoms with Crippen LogP contribution >= 0.6 is 0 Å². The van der Waals surface area contributed by atoms with Gasteiger partial charge in [-0.1, -0.05) is 0 Å². The van der Waals surface area contributed by atoms with Crippen molar-refractivity contribution in [3.63, 3.8) is 0 Å². The van der Waals surface area contributed by atoms with Crippen LogP contribution < -0.4 is 0 Å². The van der Waals surface area contributed by atoms with E-state index >= 15 is 0 Å². The topological polar surface area (TPSA) is 0 Å². The van der Waals surface area contributed by atoms with E-state index in [1.54, 1.807) is 0 Å². The minimum Gasteiger partial charge on any atom is 0 e. The van der Waals surface area contributed by atoms with Gasteiger partial charge in [0.2, 0.25) is 0 Å². The van der Waals surface area contributed by atoms with Crippen molar-refractivity contribution in [1.29, 1.82) is 0 Å². The molecular formula is EuLaNdSm. The van der Waals surface area contributed by atoms with Gasteiger partial charge in [-0.25, -0.2) is 0 Å². The molecule has 0 aromatic heterocycles. The Balaban J connectivity index is 0. The van der Waals surface area contributed by atoms with Gasteiger partial charge in [-0.15, -0.1) is 0 Å². The van der Waals surface area contributed by atoms with Gasteiger partial charge >= 0.3 is 0 Å². The van der Waals surface area contributed by atoms with Crippen LogP contribution in [0.1, 0.15) is 0 Å². The van der Waals surface area contributed by atoms with Crippen molar-refractivity contribution in [1.82, 2.24) is 0 Å². The zero-order valence-corrected chi connectivity index (χ0v) is 13.7. The van der Waals surface area contributed by atoms with Gasteiger partial charge < -0.3 is 0 Å². The predicted molar refractivity (Wildman–Crippen MR) is 0 cm³/mol. The van der Waals surface area contributed by atoms with Gasteiger partial charge in [0, 0.05) is 166 Å². The van der Waals surface area contributed by atoms with Crippen molar-refractivity contribution < 1.29 is 166 Å². The maximum Gasteiger partial charge on any atom is 0 e. The SMILES string of the molecule is [Eu].[La].[Nd].[Sm]. The molecule has 2 radical (unpaired) electrons. The second-order valence-corrected chi connectivity index (χ2v) is 0. The molecule has 4 heavy (non-hydrogen) atoms. The third-order valence-electron chi connectivity index (χ3n) is 0. The van der Waals surface area contributed by atoms with E-state index in [1.165, 1.54) is 0 Å². The quantitative estimate of drug-likeness (QED) is 0.376. The summed E-state index contributed by atoms with van der Waals surface area (Å²) in [5, 5.41) is 0. The second-order valence-electron chi connectivity index (χ2n) is 0. The van der Waals surface area contributed by atoms with Crippen LogP contribution in [0, 0.1) is 166 Å². The zero-order chi connectivity index (χ0) is 0. The summed E-state index contributed by atoms with van der Waals surface area (Å²) < 4.78 is 0. The van der Waals surface area contributed by atoms with Gasteiger partial charge in [0.05, 0.1) is 0 Å². The zero-order valence-electron chi connectivity index (χ0n) is 1.86. The Bertz CT molecular complexity index is 8.00. The molecule has 0 atom stereocenters. The Morgan fingerprint density at radius 1 is 1.00 bits per heavy atom. The molecule has 0 aromatic rings. The number of hydrogen-bond donors (Lipinski definition) is 0. The molecule has 0 saturated heterocycles. The summed E-state index contributed by atoms with van der Waals surface area (Å²) in [5.74, 6) is 0. The maximum absolute atomic E-state index is 0. The Morgan fingerprint density at radius 3 is 1.00 bits per heavy atom. The monoisotopic (exact) mass is 586 g/mol. The molecule has 4 heteroatoms. The standard InChI is InChI=1S/Eu.La.Nd.Sm. The van der Waals surface area contributed by atoms with Gasteiger partial charge in [-0.3, -0.25) is 0 Å². The van der Waals surface area contributed by atoms with Crippen LogP contribution in [0.5, 0.6) is 0 Å². The number of hydrogen-bond acceptors (Lipinski definition) is 0. The molecule has 0 spiro atoms. The Kier molecular flexibility index (Phi) is 89.7. The van der Waals surface area contributed by atoms with Crippen molar-refractivity contribution in [2.45, 2.75) is 0 Å². The first kappa shape index (κ1) is 22.7. The second kappa shape index (κ2) is 15.8. The fraction of sp³-hybridized carbons (Fsp3) is 0. The van der Waals surface area contributed by atoms with Gasteiger partial charge in [0.15, 0.2) is 0 Å². The molecule has 0 bridgehead atoms. The summed E-state index contributed by atoms with van der Waals surface area (Å²) in [5.41, 5.74) is 0. The van der Waals surface area contributed by atoms with E-state index in [1.807, 2.05) is 0 Å². The minimum atomic E-state index is 0. The molecule has 0 rings (SSSR count). The molecular weight excluding hydrogens is 585 g/mol. The summed E-state index contributed by atoms with van der Waals surface area (Å²) >= 11 is 0. The van der Waals surface area contributed by atoms with Crippen molar-refractivity contribution in [3.8, 4) is 0 Å². The summed E-state index contributed by atoms with van der Waals surface area (Å²) in [7, 11) is 0. The van der Waals surface area contributed by atoms with Crippen LogP contribution in [0.4, 0.5) is 0 Å². The molecule has 0 unspecified atom stereocenters. The molecule has 0 nitrogen and oxygen atoms in total. The summed E-state index contributed by atoms with van der Waals surface area (Å²) in [4.78, 5) is 0. The molecule has 0 aliphatic heterocycles. The number of rotatable bonds is 0. The summed E-state index contributed by atoms with van der Waals surface area (Å²) in [6, 6.07) is 0. The first-order valence-electron chi connectivity index (χ1n) is 0. The normalized spacial score (nSPS) is 0. The first-order valence-corrected chi connectivity index (χ1v) is 0. The fourth-order valence-corrected chi connectivity index (χ4v) is 0. The molecule has 0 aliphatic rings. The van der Waals surface area contributed by atoms with Gasteiger partial charge in [0.25, 0.3) is 0 Å². The predicted octanol–water partition coefficient (Wildman–Crippen LogP) is 0. The molecule has 0 aromatic carbocycles. The fourth-order valence-electron chi connectivity index (χ4n) is 0. The van der Waals surface area contributed by atoms with E-state index in [0.29, 0.717) is 0 Å². The van der Waals surface area contributed by atoms with E-state index in [2.05, 4.69) is 0 Å². The van der Waals surface area contributed by atoms with E-state index in [4.69, 9.17) is 0 Å². The smallest absolute Gasteiger partial charge is 0 e. The van der Waals surface area contributed by atoms with E-state index < -0.39 is 0 Å². The summed E-state index contributed by atoms with van der Waals surface area (Å²) in [6.07, 6.45) is 0. The Hall–Kier alpha value is 5.47. The Labute approximate surface area is 160 Å². The van der Waals surface area contributed by atoms with Crippen molar-refractivity contribution >= 4 is 0 Å². The first-order chi connectivity index (χ1) is 0. The van der Waals surface area contributed by atoms with Crippen LogP contribution in [0.3, 0.4) is 0 Å². The van der Waals surface area contributed by atoms with Crippen molar-refractivity contribution in [3.05, 3.63) is 0 Å². The average molecular weight is 585 g/mol. The van der Waals surface area contributed by atoms with Gasteiger partial charge in [-0.2, -0.15) is 0 Å². The van der Waals surface area contributed by atoms with Crippen LogP contribution in [0.25, 0.3) is 0 Å². The molecule has 0 aliphatic carbocycles. The van der Waals surface area contributed by atoms with Crippen LogP contribution in [0.2, 0.25) is 0 Å². The molecule has 20 valence electrons. The Morgan fingerprint density at radius 2 is 1.00 bits per heavy atom. The van der Waals surface area contributed by atoms with E-state index in [-0.39, 0.29) is 166 Å². The molecule has 0 N–H and O–H groups in total.